The average molecular weight is 293 g/mol. The van der Waals surface area contributed by atoms with Gasteiger partial charge in [0.15, 0.2) is 0 Å². The third kappa shape index (κ3) is 3.09. The maximum absolute atomic E-state index is 11.0. The molecule has 0 spiro atoms. The van der Waals surface area contributed by atoms with Crippen molar-refractivity contribution in [2.24, 2.45) is 0 Å². The Morgan fingerprint density at radius 3 is 2.85 bits per heavy atom. The van der Waals surface area contributed by atoms with E-state index in [4.69, 9.17) is 5.11 Å². The molecule has 0 aliphatic heterocycles. The van der Waals surface area contributed by atoms with Crippen LogP contribution in [-0.4, -0.2) is 21.0 Å². The van der Waals surface area contributed by atoms with Crippen molar-refractivity contribution in [3.05, 3.63) is 49.8 Å². The fourth-order valence-electron chi connectivity index (χ4n) is 1.62. The second kappa shape index (κ2) is 5.66. The van der Waals surface area contributed by atoms with Gasteiger partial charge in [0.05, 0.1) is 11.5 Å². The highest BCUT2D eigenvalue weighted by molar-refractivity contribution is 7.11. The van der Waals surface area contributed by atoms with Crippen molar-refractivity contribution in [3.8, 4) is 0 Å². The molecule has 2 rings (SSSR count). The number of hydrogen-bond acceptors (Lipinski definition) is 6. The topological polar surface area (TPSA) is 105 Å². The number of anilines is 1. The molecule has 20 heavy (non-hydrogen) atoms. The number of carboxylic acid groups (broad SMARTS) is 1. The molecule has 0 bridgehead atoms. The Labute approximate surface area is 118 Å². The van der Waals surface area contributed by atoms with Gasteiger partial charge in [0, 0.05) is 15.8 Å². The zero-order valence-electron chi connectivity index (χ0n) is 10.5. The van der Waals surface area contributed by atoms with Gasteiger partial charge in [-0.25, -0.2) is 9.78 Å². The molecule has 2 aromatic heterocycles. The Hall–Kier alpha value is -2.48. The Morgan fingerprint density at radius 1 is 1.55 bits per heavy atom. The number of nitro groups is 1. The number of pyridine rings is 1. The minimum atomic E-state index is -1.35. The van der Waals surface area contributed by atoms with Crippen LogP contribution in [0.4, 0.5) is 11.5 Å². The Kier molecular flexibility index (Phi) is 3.94. The molecule has 2 aromatic rings. The summed E-state index contributed by atoms with van der Waals surface area (Å²) >= 11 is 1.61. The monoisotopic (exact) mass is 293 g/mol. The molecular weight excluding hydrogens is 282 g/mol. The van der Waals surface area contributed by atoms with Gasteiger partial charge < -0.3 is 10.4 Å². The van der Waals surface area contributed by atoms with Crippen LogP contribution in [0.15, 0.2) is 24.4 Å². The van der Waals surface area contributed by atoms with Gasteiger partial charge in [-0.3, -0.25) is 10.1 Å². The van der Waals surface area contributed by atoms with Crippen LogP contribution in [0.3, 0.4) is 0 Å². The van der Waals surface area contributed by atoms with E-state index < -0.39 is 16.6 Å². The summed E-state index contributed by atoms with van der Waals surface area (Å²) < 4.78 is 0. The molecule has 8 heteroatoms. The second-order valence-corrected chi connectivity index (χ2v) is 5.39. The number of nitrogens with zero attached hydrogens (tertiary/aromatic N) is 2. The van der Waals surface area contributed by atoms with Crippen LogP contribution < -0.4 is 5.32 Å². The molecule has 0 radical (unpaired) electrons. The lowest BCUT2D eigenvalue weighted by Crippen LogP contribution is -2.06. The predicted molar refractivity (Wildman–Crippen MR) is 74.2 cm³/mol. The van der Waals surface area contributed by atoms with E-state index in [9.17, 15) is 14.9 Å². The van der Waals surface area contributed by atoms with Crippen LogP contribution in [-0.2, 0) is 6.54 Å². The Bertz CT molecular complexity index is 668. The van der Waals surface area contributed by atoms with Gasteiger partial charge in [-0.2, -0.15) is 0 Å². The summed E-state index contributed by atoms with van der Waals surface area (Å²) in [6.07, 6.45) is 0.950. The van der Waals surface area contributed by atoms with Gasteiger partial charge in [0.25, 0.3) is 0 Å². The number of carbonyl (C=O) groups is 1. The van der Waals surface area contributed by atoms with Gasteiger partial charge in [-0.1, -0.05) is 0 Å². The van der Waals surface area contributed by atoms with Crippen LogP contribution in [0.1, 0.15) is 20.1 Å². The molecule has 0 aromatic carbocycles. The predicted octanol–water partition coefficient (Wildman–Crippen LogP) is 2.67. The van der Waals surface area contributed by atoms with Gasteiger partial charge >= 0.3 is 11.7 Å². The zero-order valence-corrected chi connectivity index (χ0v) is 11.3. The quantitative estimate of drug-likeness (QED) is 0.648. The molecule has 7 nitrogen and oxygen atoms in total. The smallest absolute Gasteiger partial charge is 0.342 e. The van der Waals surface area contributed by atoms with E-state index in [1.807, 2.05) is 19.1 Å². The lowest BCUT2D eigenvalue weighted by atomic mass is 10.2. The Morgan fingerprint density at radius 2 is 2.30 bits per heavy atom. The van der Waals surface area contributed by atoms with Gasteiger partial charge in [0.1, 0.15) is 17.6 Å². The van der Waals surface area contributed by atoms with Crippen molar-refractivity contribution in [1.29, 1.82) is 0 Å². The third-order valence-corrected chi connectivity index (χ3v) is 3.55. The van der Waals surface area contributed by atoms with E-state index in [1.54, 1.807) is 11.3 Å². The number of aryl methyl sites for hydroxylation is 1. The number of nitrogens with one attached hydrogen (secondary N) is 1. The van der Waals surface area contributed by atoms with E-state index in [0.717, 1.165) is 11.1 Å². The summed E-state index contributed by atoms with van der Waals surface area (Å²) in [4.78, 5) is 27.0. The lowest BCUT2D eigenvalue weighted by Gasteiger charge is -2.05. The molecule has 0 atom stereocenters. The van der Waals surface area contributed by atoms with Gasteiger partial charge in [0.2, 0.25) is 0 Å². The molecule has 0 aliphatic carbocycles. The van der Waals surface area contributed by atoms with Gasteiger partial charge in [-0.15, -0.1) is 11.3 Å². The fraction of sp³-hybridized carbons (Fsp3) is 0.167. The normalized spacial score (nSPS) is 10.2. The minimum absolute atomic E-state index is 0.291. The minimum Gasteiger partial charge on any atom is -0.477 e. The highest BCUT2D eigenvalue weighted by Gasteiger charge is 2.20. The van der Waals surface area contributed by atoms with E-state index in [2.05, 4.69) is 10.3 Å². The summed E-state index contributed by atoms with van der Waals surface area (Å²) in [5.74, 6) is -1.06. The van der Waals surface area contributed by atoms with Crippen LogP contribution >= 0.6 is 11.3 Å². The summed E-state index contributed by atoms with van der Waals surface area (Å²) in [5, 5.41) is 22.6. The van der Waals surface area contributed by atoms with Crippen molar-refractivity contribution in [1.82, 2.24) is 4.98 Å². The first-order valence-corrected chi connectivity index (χ1v) is 6.46. The first-order chi connectivity index (χ1) is 9.47. The van der Waals surface area contributed by atoms with E-state index in [0.29, 0.717) is 12.4 Å². The first-order valence-electron chi connectivity index (χ1n) is 5.64. The summed E-state index contributed by atoms with van der Waals surface area (Å²) in [6.45, 7) is 2.48. The van der Waals surface area contributed by atoms with E-state index in [1.165, 1.54) is 10.9 Å². The largest absolute Gasteiger partial charge is 0.477 e. The molecule has 2 N–H and O–H groups in total. The van der Waals surface area contributed by atoms with Crippen molar-refractivity contribution in [2.45, 2.75) is 13.5 Å². The van der Waals surface area contributed by atoms with Crippen LogP contribution in [0, 0.1) is 17.0 Å². The maximum Gasteiger partial charge on any atom is 0.342 e. The molecule has 2 heterocycles. The number of aromatic nitrogens is 1. The summed E-state index contributed by atoms with van der Waals surface area (Å²) in [7, 11) is 0. The van der Waals surface area contributed by atoms with Crippen molar-refractivity contribution in [2.75, 3.05) is 5.32 Å². The number of aromatic carboxylic acids is 1. The third-order valence-electron chi connectivity index (χ3n) is 2.55. The number of hydrogen-bond donors (Lipinski definition) is 2. The number of thiophene rings is 1. The molecule has 0 saturated heterocycles. The molecule has 0 unspecified atom stereocenters. The SMILES string of the molecule is Cc1ccc(CNc2cc(C(=O)O)c([N+](=O)[O-])cn2)s1. The van der Waals surface area contributed by atoms with Crippen molar-refractivity contribution < 1.29 is 14.8 Å². The molecule has 0 saturated carbocycles. The molecule has 0 amide bonds. The molecular formula is C12H11N3O4S. The van der Waals surface area contributed by atoms with Gasteiger partial charge in [-0.05, 0) is 19.1 Å². The number of carboxylic acids is 1. The average Bonchev–Trinajstić information content (AvgIpc) is 2.81. The Balaban J connectivity index is 2.18. The second-order valence-electron chi connectivity index (χ2n) is 4.01. The maximum atomic E-state index is 11.0. The van der Waals surface area contributed by atoms with E-state index >= 15 is 0 Å². The number of rotatable bonds is 5. The van der Waals surface area contributed by atoms with E-state index in [-0.39, 0.29) is 5.56 Å². The molecule has 0 fully saturated rings. The summed E-state index contributed by atoms with van der Waals surface area (Å²) in [5.41, 5.74) is -0.898. The van der Waals surface area contributed by atoms with Crippen LogP contribution in [0.25, 0.3) is 0 Å². The highest BCUT2D eigenvalue weighted by Crippen LogP contribution is 2.21. The van der Waals surface area contributed by atoms with Crippen LogP contribution in [0.5, 0.6) is 0 Å². The van der Waals surface area contributed by atoms with Crippen molar-refractivity contribution in [3.63, 3.8) is 0 Å². The van der Waals surface area contributed by atoms with Crippen molar-refractivity contribution >= 4 is 28.8 Å². The lowest BCUT2D eigenvalue weighted by molar-refractivity contribution is -0.385. The fourth-order valence-corrected chi connectivity index (χ4v) is 2.45. The molecule has 104 valence electrons. The zero-order chi connectivity index (χ0) is 14.7. The highest BCUT2D eigenvalue weighted by atomic mass is 32.1. The molecule has 0 aliphatic rings. The standard InChI is InChI=1S/C12H11N3O4S/c1-7-2-3-8(20-7)5-13-11-4-9(12(16)17)10(6-14-11)15(18)19/h2-4,6H,5H2,1H3,(H,13,14)(H,16,17). The first kappa shape index (κ1) is 13.9. The van der Waals surface area contributed by atoms with Crippen LogP contribution in [0.2, 0.25) is 0 Å². The summed E-state index contributed by atoms with van der Waals surface area (Å²) in [6, 6.07) is 5.10.